The number of carbonyl (C=O) groups excluding carboxylic acids is 2. The van der Waals surface area contributed by atoms with E-state index in [4.69, 9.17) is 11.6 Å². The van der Waals surface area contributed by atoms with Crippen molar-refractivity contribution in [3.8, 4) is 0 Å². The first kappa shape index (κ1) is 20.8. The summed E-state index contributed by atoms with van der Waals surface area (Å²) in [6, 6.07) is 16.3. The zero-order valence-electron chi connectivity index (χ0n) is 16.1. The van der Waals surface area contributed by atoms with E-state index in [2.05, 4.69) is 4.72 Å². The summed E-state index contributed by atoms with van der Waals surface area (Å²) in [7, 11) is -4.04. The first-order valence-electron chi connectivity index (χ1n) is 9.30. The minimum Gasteiger partial charge on any atom is -0.328 e. The Morgan fingerprint density at radius 1 is 1.13 bits per heavy atom. The number of carbonyl (C=O) groups is 2. The zero-order chi connectivity index (χ0) is 21.5. The van der Waals surface area contributed by atoms with Gasteiger partial charge in [0.2, 0.25) is 5.91 Å². The Morgan fingerprint density at radius 2 is 1.87 bits per heavy atom. The van der Waals surface area contributed by atoms with E-state index in [1.165, 1.54) is 17.0 Å². The third-order valence-corrected chi connectivity index (χ3v) is 8.52. The van der Waals surface area contributed by atoms with Gasteiger partial charge in [-0.2, -0.15) is 0 Å². The maximum absolute atomic E-state index is 13.0. The van der Waals surface area contributed by atoms with Crippen LogP contribution in [0.4, 0.5) is 0 Å². The molecule has 1 aromatic heterocycles. The molecule has 3 aromatic rings. The summed E-state index contributed by atoms with van der Waals surface area (Å²) >= 11 is 6.67. The third-order valence-electron chi connectivity index (χ3n) is 5.47. The van der Waals surface area contributed by atoms with Gasteiger partial charge in [-0.15, -0.1) is 11.3 Å². The molecule has 4 rings (SSSR count). The predicted octanol–water partition coefficient (Wildman–Crippen LogP) is 3.59. The van der Waals surface area contributed by atoms with Gasteiger partial charge in [0.15, 0.2) is 0 Å². The molecule has 6 nitrogen and oxygen atoms in total. The Hall–Kier alpha value is -2.42. The second-order valence-corrected chi connectivity index (χ2v) is 11.0. The monoisotopic (exact) mass is 462 g/mol. The summed E-state index contributed by atoms with van der Waals surface area (Å²) < 4.78 is 27.3. The van der Waals surface area contributed by atoms with Crippen molar-refractivity contribution in [1.82, 2.24) is 9.62 Å². The van der Waals surface area contributed by atoms with Gasteiger partial charge in [-0.25, -0.2) is 13.1 Å². The number of fused-ring (bicyclic) bond motifs is 1. The van der Waals surface area contributed by atoms with Crippen LogP contribution < -0.4 is 4.72 Å². The smallest absolute Gasteiger partial charge is 0.273 e. The minimum atomic E-state index is -4.04. The molecule has 1 atom stereocenters. The number of halogens is 1. The van der Waals surface area contributed by atoms with Crippen LogP contribution in [0.3, 0.4) is 0 Å². The first-order valence-corrected chi connectivity index (χ1v) is 12.0. The molecule has 0 radical (unpaired) electrons. The van der Waals surface area contributed by atoms with Gasteiger partial charge in [0.25, 0.3) is 15.9 Å². The second kappa shape index (κ2) is 7.68. The molecule has 1 aliphatic heterocycles. The van der Waals surface area contributed by atoms with E-state index in [0.717, 1.165) is 27.7 Å². The molecule has 156 valence electrons. The highest BCUT2D eigenvalue weighted by Gasteiger charge is 2.50. The number of benzene rings is 2. The van der Waals surface area contributed by atoms with E-state index in [0.29, 0.717) is 17.3 Å². The van der Waals surface area contributed by atoms with E-state index in [1.807, 2.05) is 42.5 Å². The average Bonchev–Trinajstić information content (AvgIpc) is 3.14. The number of nitrogens with one attached hydrogen (secondary N) is 1. The van der Waals surface area contributed by atoms with Crippen molar-refractivity contribution >= 4 is 55.5 Å². The van der Waals surface area contributed by atoms with Gasteiger partial charge >= 0.3 is 0 Å². The fraction of sp³-hybridized carbons (Fsp3) is 0.238. The van der Waals surface area contributed by atoms with Crippen molar-refractivity contribution in [2.45, 2.75) is 29.5 Å². The molecule has 1 fully saturated rings. The number of sulfonamides is 1. The molecular weight excluding hydrogens is 444 g/mol. The summed E-state index contributed by atoms with van der Waals surface area (Å²) in [6.45, 7) is 1.99. The van der Waals surface area contributed by atoms with Gasteiger partial charge < -0.3 is 4.90 Å². The van der Waals surface area contributed by atoms with Crippen molar-refractivity contribution in [3.63, 3.8) is 0 Å². The van der Waals surface area contributed by atoms with E-state index in [9.17, 15) is 18.0 Å². The molecular formula is C21H19ClN2O4S2. The Morgan fingerprint density at radius 3 is 2.53 bits per heavy atom. The number of amides is 2. The van der Waals surface area contributed by atoms with Gasteiger partial charge in [-0.05, 0) is 41.8 Å². The van der Waals surface area contributed by atoms with Crippen LogP contribution in [0.25, 0.3) is 10.8 Å². The van der Waals surface area contributed by atoms with Crippen LogP contribution in [-0.4, -0.2) is 37.2 Å². The number of hydrogen-bond donors (Lipinski definition) is 1. The van der Waals surface area contributed by atoms with Crippen molar-refractivity contribution in [2.75, 3.05) is 6.54 Å². The predicted molar refractivity (Wildman–Crippen MR) is 117 cm³/mol. The Balaban J connectivity index is 1.51. The fourth-order valence-corrected chi connectivity index (χ4v) is 6.18. The topological polar surface area (TPSA) is 83.6 Å². The van der Waals surface area contributed by atoms with Gasteiger partial charge in [-0.3, -0.25) is 9.59 Å². The molecule has 0 spiro atoms. The minimum absolute atomic E-state index is 0.0441. The molecule has 2 aromatic carbocycles. The lowest BCUT2D eigenvalue weighted by Gasteiger charge is -2.49. The molecule has 1 aliphatic rings. The van der Waals surface area contributed by atoms with E-state index >= 15 is 0 Å². The maximum Gasteiger partial charge on any atom is 0.273 e. The number of nitrogens with zero attached hydrogens (tertiary/aromatic N) is 1. The van der Waals surface area contributed by atoms with E-state index in [-0.39, 0.29) is 16.5 Å². The standard InChI is InChI=1S/C21H19ClN2O4S2/c1-21(20(26)23-30(27,28)19-10-9-17(22)29-19)11-12-24(21)18(25)13-15-7-4-6-14-5-2-3-8-16(14)15/h2-10H,11-13H2,1H3,(H,23,26). The summed E-state index contributed by atoms with van der Waals surface area (Å²) in [4.78, 5) is 27.2. The molecule has 1 unspecified atom stereocenters. The van der Waals surface area contributed by atoms with Crippen molar-refractivity contribution in [3.05, 3.63) is 64.5 Å². The third kappa shape index (κ3) is 3.71. The lowest BCUT2D eigenvalue weighted by Crippen LogP contribution is -2.68. The number of thiophene rings is 1. The normalized spacial score (nSPS) is 18.8. The van der Waals surface area contributed by atoms with Crippen molar-refractivity contribution in [1.29, 1.82) is 0 Å². The SMILES string of the molecule is CC1(C(=O)NS(=O)(=O)c2ccc(Cl)s2)CCN1C(=O)Cc1cccc2ccccc12. The Labute approximate surface area is 183 Å². The molecule has 2 heterocycles. The lowest BCUT2D eigenvalue weighted by atomic mass is 9.85. The van der Waals surface area contributed by atoms with Crippen LogP contribution in [0.5, 0.6) is 0 Å². The zero-order valence-corrected chi connectivity index (χ0v) is 18.5. The molecule has 2 amide bonds. The Bertz CT molecular complexity index is 1250. The van der Waals surface area contributed by atoms with Gasteiger partial charge in [-0.1, -0.05) is 54.1 Å². The van der Waals surface area contributed by atoms with Crippen molar-refractivity contribution in [2.24, 2.45) is 0 Å². The first-order chi connectivity index (χ1) is 14.2. The highest BCUT2D eigenvalue weighted by Crippen LogP contribution is 2.33. The van der Waals surface area contributed by atoms with Crippen LogP contribution in [0.2, 0.25) is 4.34 Å². The summed E-state index contributed by atoms with van der Waals surface area (Å²) in [5, 5.41) is 2.02. The Kier molecular flexibility index (Phi) is 5.34. The lowest BCUT2D eigenvalue weighted by molar-refractivity contribution is -0.156. The molecule has 0 saturated carbocycles. The molecule has 30 heavy (non-hydrogen) atoms. The van der Waals surface area contributed by atoms with Crippen LogP contribution in [0.1, 0.15) is 18.9 Å². The van der Waals surface area contributed by atoms with Crippen LogP contribution in [-0.2, 0) is 26.0 Å². The molecule has 9 heteroatoms. The maximum atomic E-state index is 13.0. The van der Waals surface area contributed by atoms with Crippen molar-refractivity contribution < 1.29 is 18.0 Å². The summed E-state index contributed by atoms with van der Waals surface area (Å²) in [5.41, 5.74) is -0.343. The summed E-state index contributed by atoms with van der Waals surface area (Å²) in [6.07, 6.45) is 0.526. The van der Waals surface area contributed by atoms with Crippen LogP contribution in [0, 0.1) is 0 Å². The average molecular weight is 463 g/mol. The fourth-order valence-electron chi connectivity index (χ4n) is 3.62. The quantitative estimate of drug-likeness (QED) is 0.628. The summed E-state index contributed by atoms with van der Waals surface area (Å²) in [5.74, 6) is -0.934. The van der Waals surface area contributed by atoms with Gasteiger partial charge in [0, 0.05) is 6.54 Å². The largest absolute Gasteiger partial charge is 0.328 e. The van der Waals surface area contributed by atoms with E-state index in [1.54, 1.807) is 6.92 Å². The molecule has 0 bridgehead atoms. The molecule has 1 N–H and O–H groups in total. The highest BCUT2D eigenvalue weighted by molar-refractivity contribution is 7.92. The van der Waals surface area contributed by atoms with Crippen LogP contribution in [0.15, 0.2) is 58.8 Å². The van der Waals surface area contributed by atoms with Gasteiger partial charge in [0.05, 0.1) is 10.8 Å². The number of rotatable bonds is 5. The number of hydrogen-bond acceptors (Lipinski definition) is 5. The number of likely N-dealkylation sites (tertiary alicyclic amines) is 1. The second-order valence-electron chi connectivity index (χ2n) is 7.38. The van der Waals surface area contributed by atoms with Gasteiger partial charge in [0.1, 0.15) is 9.75 Å². The van der Waals surface area contributed by atoms with E-state index < -0.39 is 21.5 Å². The van der Waals surface area contributed by atoms with Crippen LogP contribution >= 0.6 is 22.9 Å². The molecule has 0 aliphatic carbocycles. The molecule has 1 saturated heterocycles. The highest BCUT2D eigenvalue weighted by atomic mass is 35.5.